The minimum Gasteiger partial charge on any atom is -0.379 e. The van der Waals surface area contributed by atoms with Crippen LogP contribution in [0.2, 0.25) is 0 Å². The van der Waals surface area contributed by atoms with E-state index in [1.54, 1.807) is 4.52 Å². The summed E-state index contributed by atoms with van der Waals surface area (Å²) in [7, 11) is 0. The first-order chi connectivity index (χ1) is 14.5. The first-order valence-electron chi connectivity index (χ1n) is 11.1. The normalized spacial score (nSPS) is 19.8. The lowest BCUT2D eigenvalue weighted by Crippen LogP contribution is -2.59. The average Bonchev–Trinajstić information content (AvgIpc) is 3.13. The molecule has 164 valence electrons. The average molecular weight is 416 g/mol. The van der Waals surface area contributed by atoms with E-state index in [1.807, 2.05) is 13.8 Å². The van der Waals surface area contributed by atoms with Crippen LogP contribution in [0.1, 0.15) is 55.5 Å². The first kappa shape index (κ1) is 21.0. The number of aromatic nitrogens is 4. The fourth-order valence-electron chi connectivity index (χ4n) is 5.03. The molecular formula is C21H33N7O2. The Kier molecular flexibility index (Phi) is 6.19. The number of hydrogen-bond donors (Lipinski definition) is 2. The molecule has 9 heteroatoms. The van der Waals surface area contributed by atoms with Gasteiger partial charge in [-0.05, 0) is 38.7 Å². The van der Waals surface area contributed by atoms with E-state index in [0.29, 0.717) is 18.6 Å². The molecular weight excluding hydrogens is 382 g/mol. The van der Waals surface area contributed by atoms with Crippen LogP contribution in [0.15, 0.2) is 0 Å². The molecule has 1 saturated carbocycles. The van der Waals surface area contributed by atoms with Gasteiger partial charge in [0.15, 0.2) is 0 Å². The summed E-state index contributed by atoms with van der Waals surface area (Å²) in [6.07, 6.45) is 7.12. The van der Waals surface area contributed by atoms with Crippen molar-refractivity contribution in [1.82, 2.24) is 29.8 Å². The second kappa shape index (κ2) is 8.85. The Morgan fingerprint density at radius 3 is 2.63 bits per heavy atom. The molecule has 0 spiro atoms. The number of fused-ring (bicyclic) bond motifs is 1. The van der Waals surface area contributed by atoms with Crippen molar-refractivity contribution in [3.05, 3.63) is 17.0 Å². The maximum Gasteiger partial charge on any atom is 0.254 e. The van der Waals surface area contributed by atoms with E-state index < -0.39 is 0 Å². The van der Waals surface area contributed by atoms with Crippen molar-refractivity contribution >= 4 is 17.6 Å². The minimum absolute atomic E-state index is 0.0856. The van der Waals surface area contributed by atoms with Gasteiger partial charge in [-0.2, -0.15) is 9.50 Å². The van der Waals surface area contributed by atoms with Crippen molar-refractivity contribution in [2.75, 3.05) is 38.6 Å². The minimum atomic E-state index is 0.0856. The molecule has 4 rings (SSSR count). The molecule has 2 fully saturated rings. The summed E-state index contributed by atoms with van der Waals surface area (Å²) < 4.78 is 7.21. The Labute approximate surface area is 177 Å². The third kappa shape index (κ3) is 4.27. The number of nitrogens with two attached hydrogens (primary N) is 1. The zero-order valence-corrected chi connectivity index (χ0v) is 18.1. The third-order valence-corrected chi connectivity index (χ3v) is 6.75. The van der Waals surface area contributed by atoms with Crippen molar-refractivity contribution < 1.29 is 9.53 Å². The van der Waals surface area contributed by atoms with Gasteiger partial charge in [0.25, 0.3) is 5.78 Å². The summed E-state index contributed by atoms with van der Waals surface area (Å²) >= 11 is 0. The van der Waals surface area contributed by atoms with E-state index in [1.165, 1.54) is 19.3 Å². The van der Waals surface area contributed by atoms with Gasteiger partial charge < -0.3 is 15.8 Å². The molecule has 9 nitrogen and oxygen atoms in total. The van der Waals surface area contributed by atoms with Crippen molar-refractivity contribution in [2.24, 2.45) is 0 Å². The van der Waals surface area contributed by atoms with Crippen molar-refractivity contribution in [3.63, 3.8) is 0 Å². The molecule has 1 saturated heterocycles. The summed E-state index contributed by atoms with van der Waals surface area (Å²) in [5.74, 6) is 0.798. The molecule has 2 aliphatic rings. The molecule has 0 atom stereocenters. The summed E-state index contributed by atoms with van der Waals surface area (Å²) in [5, 5.41) is 7.45. The van der Waals surface area contributed by atoms with Gasteiger partial charge in [0.1, 0.15) is 0 Å². The molecule has 2 aromatic heterocycles. The predicted molar refractivity (Wildman–Crippen MR) is 114 cm³/mol. The quantitative estimate of drug-likeness (QED) is 0.734. The number of carbonyl (C=O) groups excluding carboxylic acids is 1. The van der Waals surface area contributed by atoms with Gasteiger partial charge in [-0.15, -0.1) is 5.10 Å². The molecule has 1 amide bonds. The number of carbonyl (C=O) groups is 1. The first-order valence-corrected chi connectivity index (χ1v) is 11.1. The molecule has 3 heterocycles. The molecule has 3 N–H and O–H groups in total. The van der Waals surface area contributed by atoms with Gasteiger partial charge in [-0.25, -0.2) is 4.98 Å². The molecule has 0 unspecified atom stereocenters. The van der Waals surface area contributed by atoms with Gasteiger partial charge in [0.2, 0.25) is 11.9 Å². The molecule has 2 aromatic rings. The Bertz CT molecular complexity index is 898. The van der Waals surface area contributed by atoms with Crippen molar-refractivity contribution in [1.29, 1.82) is 0 Å². The van der Waals surface area contributed by atoms with E-state index >= 15 is 0 Å². The van der Waals surface area contributed by atoms with Crippen LogP contribution < -0.4 is 11.1 Å². The SMILES string of the molecule is Cc1nc2nc(N)nn2c(C)c1CCC(=O)NCC1(N2CCOCC2)CCCCC1. The van der Waals surface area contributed by atoms with Crippen LogP contribution in [0.3, 0.4) is 0 Å². The number of nitrogens with one attached hydrogen (secondary N) is 1. The highest BCUT2D eigenvalue weighted by Crippen LogP contribution is 2.34. The van der Waals surface area contributed by atoms with E-state index in [9.17, 15) is 4.79 Å². The number of nitrogen functional groups attached to an aromatic ring is 1. The highest BCUT2D eigenvalue weighted by molar-refractivity contribution is 5.76. The largest absolute Gasteiger partial charge is 0.379 e. The molecule has 0 radical (unpaired) electrons. The van der Waals surface area contributed by atoms with Gasteiger partial charge in [-0.1, -0.05) is 19.3 Å². The van der Waals surface area contributed by atoms with E-state index in [-0.39, 0.29) is 17.4 Å². The van der Waals surface area contributed by atoms with Gasteiger partial charge in [0, 0.05) is 43.0 Å². The highest BCUT2D eigenvalue weighted by atomic mass is 16.5. The lowest BCUT2D eigenvalue weighted by molar-refractivity contribution is -0.122. The fourth-order valence-corrected chi connectivity index (χ4v) is 5.03. The van der Waals surface area contributed by atoms with Crippen LogP contribution in [0.5, 0.6) is 0 Å². The maximum absolute atomic E-state index is 12.7. The van der Waals surface area contributed by atoms with Crippen molar-refractivity contribution in [2.45, 2.75) is 64.3 Å². The maximum atomic E-state index is 12.7. The summed E-state index contributed by atoms with van der Waals surface area (Å²) in [4.78, 5) is 23.9. The monoisotopic (exact) mass is 415 g/mol. The van der Waals surface area contributed by atoms with Gasteiger partial charge in [-0.3, -0.25) is 9.69 Å². The summed E-state index contributed by atoms with van der Waals surface area (Å²) in [5.41, 5.74) is 8.63. The molecule has 0 aromatic carbocycles. The lowest BCUT2D eigenvalue weighted by atomic mass is 9.79. The number of hydrogen-bond acceptors (Lipinski definition) is 7. The molecule has 0 bridgehead atoms. The standard InChI is InChI=1S/C21H33N7O2/c1-15-17(16(2)28-20(24-15)25-19(22)26-28)6-7-18(29)23-14-21(8-4-3-5-9-21)27-10-12-30-13-11-27/h3-14H2,1-2H3,(H2,22,26)(H,23,29). The second-order valence-corrected chi connectivity index (χ2v) is 8.60. The Balaban J connectivity index is 1.39. The number of anilines is 1. The van der Waals surface area contributed by atoms with Crippen LogP contribution >= 0.6 is 0 Å². The Morgan fingerprint density at radius 2 is 1.90 bits per heavy atom. The predicted octanol–water partition coefficient (Wildman–Crippen LogP) is 1.41. The zero-order chi connectivity index (χ0) is 21.1. The van der Waals surface area contributed by atoms with Crippen LogP contribution in [0.25, 0.3) is 5.78 Å². The highest BCUT2D eigenvalue weighted by Gasteiger charge is 2.38. The molecule has 1 aliphatic heterocycles. The number of rotatable bonds is 6. The smallest absolute Gasteiger partial charge is 0.254 e. The van der Waals surface area contributed by atoms with Gasteiger partial charge in [0.05, 0.1) is 13.2 Å². The van der Waals surface area contributed by atoms with E-state index in [4.69, 9.17) is 10.5 Å². The number of amides is 1. The lowest BCUT2D eigenvalue weighted by Gasteiger charge is -2.48. The van der Waals surface area contributed by atoms with Crippen LogP contribution in [0, 0.1) is 13.8 Å². The third-order valence-electron chi connectivity index (χ3n) is 6.75. The van der Waals surface area contributed by atoms with E-state index in [0.717, 1.165) is 62.6 Å². The van der Waals surface area contributed by atoms with Crippen molar-refractivity contribution in [3.8, 4) is 0 Å². The number of ether oxygens (including phenoxy) is 1. The zero-order valence-electron chi connectivity index (χ0n) is 18.1. The fraction of sp³-hybridized carbons (Fsp3) is 0.714. The number of nitrogens with zero attached hydrogens (tertiary/aromatic N) is 5. The topological polar surface area (TPSA) is 111 Å². The molecule has 30 heavy (non-hydrogen) atoms. The Hall–Kier alpha value is -2.26. The van der Waals surface area contributed by atoms with Crippen LogP contribution in [-0.4, -0.2) is 68.8 Å². The van der Waals surface area contributed by atoms with Crippen LogP contribution in [-0.2, 0) is 16.0 Å². The Morgan fingerprint density at radius 1 is 1.17 bits per heavy atom. The summed E-state index contributed by atoms with van der Waals surface area (Å²) in [6.45, 7) is 8.13. The summed E-state index contributed by atoms with van der Waals surface area (Å²) in [6, 6.07) is 0. The second-order valence-electron chi connectivity index (χ2n) is 8.60. The van der Waals surface area contributed by atoms with Crippen LogP contribution in [0.4, 0.5) is 5.95 Å². The van der Waals surface area contributed by atoms with Gasteiger partial charge >= 0.3 is 0 Å². The number of aryl methyl sites for hydroxylation is 2. The number of morpholine rings is 1. The molecule has 1 aliphatic carbocycles. The van der Waals surface area contributed by atoms with E-state index in [2.05, 4.69) is 25.3 Å².